The van der Waals surface area contributed by atoms with Crippen molar-refractivity contribution in [1.82, 2.24) is 5.32 Å². The number of halogens is 3. The molecule has 1 saturated carbocycles. The van der Waals surface area contributed by atoms with Gasteiger partial charge in [0.2, 0.25) is 0 Å². The molecule has 0 aromatic heterocycles. The van der Waals surface area contributed by atoms with Gasteiger partial charge >= 0.3 is 6.18 Å². The molecule has 2 fully saturated rings. The SMILES string of the molecule is FC(F)(F)C1(NC2CCOCC2)CC1. The van der Waals surface area contributed by atoms with Crippen LogP contribution >= 0.6 is 0 Å². The van der Waals surface area contributed by atoms with Gasteiger partial charge in [-0.3, -0.25) is 0 Å². The summed E-state index contributed by atoms with van der Waals surface area (Å²) in [4.78, 5) is 0. The molecule has 1 aliphatic carbocycles. The van der Waals surface area contributed by atoms with E-state index in [-0.39, 0.29) is 18.9 Å². The molecule has 0 bridgehead atoms. The lowest BCUT2D eigenvalue weighted by molar-refractivity contribution is -0.169. The Bertz CT molecular complexity index is 207. The van der Waals surface area contributed by atoms with Crippen LogP contribution in [0, 0.1) is 0 Å². The highest BCUT2D eigenvalue weighted by atomic mass is 19.4. The molecule has 1 aliphatic heterocycles. The summed E-state index contributed by atoms with van der Waals surface area (Å²) in [6.07, 6.45) is -2.25. The molecule has 1 heterocycles. The van der Waals surface area contributed by atoms with Crippen molar-refractivity contribution in [3.05, 3.63) is 0 Å². The fourth-order valence-electron chi connectivity index (χ4n) is 1.87. The molecule has 0 aromatic rings. The smallest absolute Gasteiger partial charge is 0.381 e. The largest absolute Gasteiger partial charge is 0.406 e. The molecule has 82 valence electrons. The molecule has 1 N–H and O–H groups in total. The van der Waals surface area contributed by atoms with Crippen LogP contribution in [0.2, 0.25) is 0 Å². The van der Waals surface area contributed by atoms with E-state index in [2.05, 4.69) is 5.32 Å². The minimum Gasteiger partial charge on any atom is -0.381 e. The van der Waals surface area contributed by atoms with Crippen molar-refractivity contribution in [1.29, 1.82) is 0 Å². The molecule has 0 amide bonds. The van der Waals surface area contributed by atoms with E-state index in [1.54, 1.807) is 0 Å². The predicted molar refractivity (Wildman–Crippen MR) is 45.0 cm³/mol. The lowest BCUT2D eigenvalue weighted by Gasteiger charge is -2.29. The molecule has 2 rings (SSSR count). The van der Waals surface area contributed by atoms with Crippen molar-refractivity contribution in [2.75, 3.05) is 13.2 Å². The van der Waals surface area contributed by atoms with Crippen molar-refractivity contribution < 1.29 is 17.9 Å². The van der Waals surface area contributed by atoms with Crippen LogP contribution in [0.1, 0.15) is 25.7 Å². The number of hydrogen-bond acceptors (Lipinski definition) is 2. The molecule has 2 aliphatic rings. The molecule has 0 unspecified atom stereocenters. The predicted octanol–water partition coefficient (Wildman–Crippen LogP) is 1.85. The molecule has 14 heavy (non-hydrogen) atoms. The molecule has 0 radical (unpaired) electrons. The number of hydrogen-bond donors (Lipinski definition) is 1. The molecule has 2 nitrogen and oxygen atoms in total. The number of ether oxygens (including phenoxy) is 1. The summed E-state index contributed by atoms with van der Waals surface area (Å²) in [5, 5.41) is 2.74. The highest BCUT2D eigenvalue weighted by Gasteiger charge is 2.63. The maximum absolute atomic E-state index is 12.6. The van der Waals surface area contributed by atoms with Crippen molar-refractivity contribution in [3.8, 4) is 0 Å². The maximum atomic E-state index is 12.6. The molecule has 1 saturated heterocycles. The summed E-state index contributed by atoms with van der Waals surface area (Å²) < 4.78 is 42.8. The van der Waals surface area contributed by atoms with Crippen LogP contribution < -0.4 is 5.32 Å². The third kappa shape index (κ3) is 1.88. The second-order valence-corrected chi connectivity index (χ2v) is 4.11. The summed E-state index contributed by atoms with van der Waals surface area (Å²) in [6.45, 7) is 1.15. The van der Waals surface area contributed by atoms with Gasteiger partial charge in [0.05, 0.1) is 0 Å². The zero-order valence-electron chi connectivity index (χ0n) is 7.86. The van der Waals surface area contributed by atoms with E-state index in [1.807, 2.05) is 0 Å². The van der Waals surface area contributed by atoms with Crippen molar-refractivity contribution in [3.63, 3.8) is 0 Å². The lowest BCUT2D eigenvalue weighted by Crippen LogP contribution is -2.51. The van der Waals surface area contributed by atoms with Crippen molar-refractivity contribution in [2.45, 2.75) is 43.4 Å². The number of nitrogens with one attached hydrogen (secondary N) is 1. The van der Waals surface area contributed by atoms with Crippen LogP contribution in [0.15, 0.2) is 0 Å². The normalized spacial score (nSPS) is 27.6. The number of alkyl halides is 3. The van der Waals surface area contributed by atoms with E-state index in [1.165, 1.54) is 0 Å². The van der Waals surface area contributed by atoms with E-state index < -0.39 is 11.7 Å². The van der Waals surface area contributed by atoms with E-state index in [0.717, 1.165) is 0 Å². The maximum Gasteiger partial charge on any atom is 0.406 e. The Labute approximate surface area is 80.8 Å². The van der Waals surface area contributed by atoms with Gasteiger partial charge in [-0.25, -0.2) is 0 Å². The van der Waals surface area contributed by atoms with E-state index >= 15 is 0 Å². The minimum atomic E-state index is -4.09. The van der Waals surface area contributed by atoms with Gasteiger partial charge in [-0.2, -0.15) is 13.2 Å². The van der Waals surface area contributed by atoms with Gasteiger partial charge in [-0.15, -0.1) is 0 Å². The summed E-state index contributed by atoms with van der Waals surface area (Å²) in [5.74, 6) is 0. The molecule has 0 aromatic carbocycles. The van der Waals surface area contributed by atoms with Crippen LogP contribution in [0.3, 0.4) is 0 Å². The first-order valence-electron chi connectivity index (χ1n) is 4.96. The van der Waals surface area contributed by atoms with E-state index in [0.29, 0.717) is 26.1 Å². The Morgan fingerprint density at radius 2 is 1.71 bits per heavy atom. The first-order chi connectivity index (χ1) is 6.54. The van der Waals surface area contributed by atoms with Crippen molar-refractivity contribution in [2.24, 2.45) is 0 Å². The van der Waals surface area contributed by atoms with Gasteiger partial charge in [0, 0.05) is 19.3 Å². The first kappa shape index (κ1) is 10.2. The van der Waals surface area contributed by atoms with Crippen LogP contribution in [-0.2, 0) is 4.74 Å². The summed E-state index contributed by atoms with van der Waals surface area (Å²) in [6, 6.07) is -0.0205. The second kappa shape index (κ2) is 3.38. The molecular formula is C9H14F3NO. The zero-order chi connectivity index (χ0) is 10.2. The van der Waals surface area contributed by atoms with Crippen molar-refractivity contribution >= 4 is 0 Å². The highest BCUT2D eigenvalue weighted by Crippen LogP contribution is 2.49. The lowest BCUT2D eigenvalue weighted by atomic mass is 10.1. The monoisotopic (exact) mass is 209 g/mol. The van der Waals surface area contributed by atoms with Crippen LogP contribution in [-0.4, -0.2) is 31.0 Å². The average Bonchev–Trinajstić information content (AvgIpc) is 2.86. The second-order valence-electron chi connectivity index (χ2n) is 4.11. The Hall–Kier alpha value is -0.290. The Morgan fingerprint density at radius 1 is 1.14 bits per heavy atom. The van der Waals surface area contributed by atoms with E-state index in [9.17, 15) is 13.2 Å². The summed E-state index contributed by atoms with van der Waals surface area (Å²) >= 11 is 0. The van der Waals surface area contributed by atoms with Gasteiger partial charge in [-0.1, -0.05) is 0 Å². The molecule has 5 heteroatoms. The van der Waals surface area contributed by atoms with Crippen LogP contribution in [0.5, 0.6) is 0 Å². The minimum absolute atomic E-state index is 0.0205. The molecule has 0 spiro atoms. The van der Waals surface area contributed by atoms with Gasteiger partial charge < -0.3 is 10.1 Å². The highest BCUT2D eigenvalue weighted by molar-refractivity contribution is 5.09. The quantitative estimate of drug-likeness (QED) is 0.749. The third-order valence-electron chi connectivity index (χ3n) is 2.99. The van der Waals surface area contributed by atoms with Gasteiger partial charge in [-0.05, 0) is 25.7 Å². The summed E-state index contributed by atoms with van der Waals surface area (Å²) in [7, 11) is 0. The standard InChI is InChI=1S/C9H14F3NO/c10-9(11,12)8(3-4-8)13-7-1-5-14-6-2-7/h7,13H,1-6H2. The van der Waals surface area contributed by atoms with Gasteiger partial charge in [0.1, 0.15) is 5.54 Å². The third-order valence-corrected chi connectivity index (χ3v) is 2.99. The van der Waals surface area contributed by atoms with E-state index in [4.69, 9.17) is 4.74 Å². The van der Waals surface area contributed by atoms with Crippen LogP contribution in [0.25, 0.3) is 0 Å². The average molecular weight is 209 g/mol. The molecular weight excluding hydrogens is 195 g/mol. The topological polar surface area (TPSA) is 21.3 Å². The summed E-state index contributed by atoms with van der Waals surface area (Å²) in [5.41, 5.74) is -1.56. The Morgan fingerprint density at radius 3 is 2.14 bits per heavy atom. The first-order valence-corrected chi connectivity index (χ1v) is 4.96. The van der Waals surface area contributed by atoms with Gasteiger partial charge in [0.25, 0.3) is 0 Å². The number of rotatable bonds is 2. The Kier molecular flexibility index (Phi) is 2.47. The molecule has 0 atom stereocenters. The zero-order valence-corrected chi connectivity index (χ0v) is 7.86. The van der Waals surface area contributed by atoms with Crippen LogP contribution in [0.4, 0.5) is 13.2 Å². The fourth-order valence-corrected chi connectivity index (χ4v) is 1.87. The van der Waals surface area contributed by atoms with Gasteiger partial charge in [0.15, 0.2) is 0 Å². The Balaban J connectivity index is 1.90. The fraction of sp³-hybridized carbons (Fsp3) is 1.00.